The summed E-state index contributed by atoms with van der Waals surface area (Å²) in [4.78, 5) is 38.0. The fourth-order valence-corrected chi connectivity index (χ4v) is 3.72. The van der Waals surface area contributed by atoms with Crippen molar-refractivity contribution in [3.8, 4) is 5.69 Å². The third kappa shape index (κ3) is 4.36. The first-order chi connectivity index (χ1) is 14.8. The molecule has 1 unspecified atom stereocenters. The molecule has 1 aliphatic heterocycles. The highest BCUT2D eigenvalue weighted by atomic mass is 79.9. The Bertz CT molecular complexity index is 1170. The standard InChI is InChI=1S/C22H20BrN5O3/c1-13-10-17(6-7-18(13)23)27-12-14(11-20(27)29)22(31)25-15-2-4-16(5-3-15)28-9-8-19(26-28)21(24)30/h2-10,14H,11-12H2,1H3,(H2,24,30)(H,25,31). The molecule has 2 heterocycles. The normalized spacial score (nSPS) is 15.9. The van der Waals surface area contributed by atoms with Gasteiger partial charge in [-0.25, -0.2) is 4.68 Å². The number of aryl methyl sites for hydroxylation is 1. The number of carbonyl (C=O) groups excluding carboxylic acids is 3. The van der Waals surface area contributed by atoms with E-state index >= 15 is 0 Å². The van der Waals surface area contributed by atoms with Crippen LogP contribution in [-0.2, 0) is 9.59 Å². The molecule has 8 nitrogen and oxygen atoms in total. The molecule has 1 atom stereocenters. The van der Waals surface area contributed by atoms with Crippen LogP contribution in [0.15, 0.2) is 59.2 Å². The van der Waals surface area contributed by atoms with E-state index in [0.29, 0.717) is 12.2 Å². The van der Waals surface area contributed by atoms with Gasteiger partial charge in [-0.2, -0.15) is 5.10 Å². The van der Waals surface area contributed by atoms with E-state index in [1.807, 2.05) is 25.1 Å². The molecule has 1 aliphatic rings. The smallest absolute Gasteiger partial charge is 0.269 e. The summed E-state index contributed by atoms with van der Waals surface area (Å²) in [5.41, 5.74) is 8.55. The number of benzene rings is 2. The summed E-state index contributed by atoms with van der Waals surface area (Å²) in [6, 6.07) is 14.3. The predicted molar refractivity (Wildman–Crippen MR) is 120 cm³/mol. The highest BCUT2D eigenvalue weighted by molar-refractivity contribution is 9.10. The van der Waals surface area contributed by atoms with Crippen LogP contribution in [0.2, 0.25) is 0 Å². The molecule has 31 heavy (non-hydrogen) atoms. The van der Waals surface area contributed by atoms with Crippen molar-refractivity contribution < 1.29 is 14.4 Å². The number of anilines is 2. The quantitative estimate of drug-likeness (QED) is 0.583. The van der Waals surface area contributed by atoms with Crippen LogP contribution in [0, 0.1) is 12.8 Å². The minimum atomic E-state index is -0.596. The fraction of sp³-hybridized carbons (Fsp3) is 0.182. The maximum Gasteiger partial charge on any atom is 0.269 e. The van der Waals surface area contributed by atoms with E-state index in [4.69, 9.17) is 5.73 Å². The van der Waals surface area contributed by atoms with Gasteiger partial charge in [-0.15, -0.1) is 0 Å². The van der Waals surface area contributed by atoms with Crippen molar-refractivity contribution in [2.45, 2.75) is 13.3 Å². The molecule has 0 spiro atoms. The second kappa shape index (κ2) is 8.35. The van der Waals surface area contributed by atoms with Gasteiger partial charge in [0.25, 0.3) is 5.91 Å². The van der Waals surface area contributed by atoms with Gasteiger partial charge in [0.1, 0.15) is 5.69 Å². The summed E-state index contributed by atoms with van der Waals surface area (Å²) >= 11 is 3.46. The van der Waals surface area contributed by atoms with E-state index in [0.717, 1.165) is 21.4 Å². The van der Waals surface area contributed by atoms with Crippen molar-refractivity contribution >= 4 is 45.0 Å². The van der Waals surface area contributed by atoms with Crippen LogP contribution < -0.4 is 16.0 Å². The zero-order valence-corrected chi connectivity index (χ0v) is 18.3. The van der Waals surface area contributed by atoms with Crippen molar-refractivity contribution in [2.24, 2.45) is 11.7 Å². The number of aromatic nitrogens is 2. The molecule has 2 aromatic carbocycles. The summed E-state index contributed by atoms with van der Waals surface area (Å²) in [7, 11) is 0. The first kappa shape index (κ1) is 20.8. The van der Waals surface area contributed by atoms with Gasteiger partial charge >= 0.3 is 0 Å². The molecule has 0 aliphatic carbocycles. The van der Waals surface area contributed by atoms with E-state index in [2.05, 4.69) is 26.3 Å². The molecule has 0 radical (unpaired) electrons. The number of carbonyl (C=O) groups is 3. The van der Waals surface area contributed by atoms with E-state index in [9.17, 15) is 14.4 Å². The number of hydrogen-bond acceptors (Lipinski definition) is 4. The number of rotatable bonds is 5. The topological polar surface area (TPSA) is 110 Å². The van der Waals surface area contributed by atoms with Gasteiger partial charge < -0.3 is 16.0 Å². The minimum Gasteiger partial charge on any atom is -0.364 e. The third-order valence-corrected chi connectivity index (χ3v) is 6.08. The Labute approximate surface area is 187 Å². The average Bonchev–Trinajstić information content (AvgIpc) is 3.38. The number of nitrogens with two attached hydrogens (primary N) is 1. The molecule has 4 rings (SSSR count). The largest absolute Gasteiger partial charge is 0.364 e. The summed E-state index contributed by atoms with van der Waals surface area (Å²) < 4.78 is 2.50. The van der Waals surface area contributed by atoms with Gasteiger partial charge in [0.15, 0.2) is 0 Å². The maximum atomic E-state index is 12.7. The molecule has 1 aromatic heterocycles. The van der Waals surface area contributed by atoms with Crippen LogP contribution in [0.1, 0.15) is 22.5 Å². The lowest BCUT2D eigenvalue weighted by Gasteiger charge is -2.18. The van der Waals surface area contributed by atoms with Crippen molar-refractivity contribution in [1.29, 1.82) is 0 Å². The summed E-state index contributed by atoms with van der Waals surface area (Å²) in [5, 5.41) is 6.97. The Hall–Kier alpha value is -3.46. The minimum absolute atomic E-state index is 0.0684. The SMILES string of the molecule is Cc1cc(N2CC(C(=O)Nc3ccc(-n4ccc(C(N)=O)n4)cc3)CC2=O)ccc1Br. The van der Waals surface area contributed by atoms with Gasteiger partial charge in [-0.3, -0.25) is 14.4 Å². The number of amides is 3. The van der Waals surface area contributed by atoms with Gasteiger partial charge in [-0.05, 0) is 61.0 Å². The second-order valence-electron chi connectivity index (χ2n) is 7.38. The maximum absolute atomic E-state index is 12.7. The Morgan fingerprint density at radius 2 is 1.84 bits per heavy atom. The Kier molecular flexibility index (Phi) is 5.60. The Morgan fingerprint density at radius 3 is 2.48 bits per heavy atom. The van der Waals surface area contributed by atoms with Crippen LogP contribution in [0.4, 0.5) is 11.4 Å². The summed E-state index contributed by atoms with van der Waals surface area (Å²) in [6.07, 6.45) is 1.80. The summed E-state index contributed by atoms with van der Waals surface area (Å²) in [5.74, 6) is -1.30. The Balaban J connectivity index is 1.41. The van der Waals surface area contributed by atoms with Gasteiger partial charge in [0.2, 0.25) is 11.8 Å². The van der Waals surface area contributed by atoms with Crippen molar-refractivity contribution in [3.63, 3.8) is 0 Å². The van der Waals surface area contributed by atoms with Crippen LogP contribution in [0.5, 0.6) is 0 Å². The van der Waals surface area contributed by atoms with E-state index in [-0.39, 0.29) is 23.9 Å². The molecule has 3 amide bonds. The number of nitrogens with zero attached hydrogens (tertiary/aromatic N) is 3. The molecular weight excluding hydrogens is 462 g/mol. The molecule has 0 saturated carbocycles. The van der Waals surface area contributed by atoms with Crippen LogP contribution in [-0.4, -0.2) is 34.0 Å². The molecule has 1 saturated heterocycles. The van der Waals surface area contributed by atoms with Gasteiger partial charge in [0.05, 0.1) is 11.6 Å². The molecule has 158 valence electrons. The molecule has 3 aromatic rings. The molecular formula is C22H20BrN5O3. The molecule has 9 heteroatoms. The Morgan fingerprint density at radius 1 is 1.13 bits per heavy atom. The number of hydrogen-bond donors (Lipinski definition) is 2. The van der Waals surface area contributed by atoms with E-state index in [1.54, 1.807) is 35.4 Å². The lowest BCUT2D eigenvalue weighted by Crippen LogP contribution is -2.28. The zero-order chi connectivity index (χ0) is 22.1. The van der Waals surface area contributed by atoms with Crippen LogP contribution in [0.3, 0.4) is 0 Å². The van der Waals surface area contributed by atoms with Crippen LogP contribution in [0.25, 0.3) is 5.69 Å². The zero-order valence-electron chi connectivity index (χ0n) is 16.7. The molecule has 1 fully saturated rings. The van der Waals surface area contributed by atoms with Gasteiger partial charge in [-0.1, -0.05) is 15.9 Å². The molecule has 3 N–H and O–H groups in total. The number of nitrogens with one attached hydrogen (secondary N) is 1. The highest BCUT2D eigenvalue weighted by Crippen LogP contribution is 2.29. The van der Waals surface area contributed by atoms with Crippen molar-refractivity contribution in [2.75, 3.05) is 16.8 Å². The summed E-state index contributed by atoms with van der Waals surface area (Å²) in [6.45, 7) is 2.30. The van der Waals surface area contributed by atoms with Crippen molar-refractivity contribution in [3.05, 3.63) is 70.5 Å². The lowest BCUT2D eigenvalue weighted by atomic mass is 10.1. The number of primary amides is 1. The fourth-order valence-electron chi connectivity index (χ4n) is 3.47. The predicted octanol–water partition coefficient (Wildman–Crippen LogP) is 3.03. The van der Waals surface area contributed by atoms with Gasteiger partial charge in [0, 0.05) is 35.0 Å². The van der Waals surface area contributed by atoms with Crippen LogP contribution >= 0.6 is 15.9 Å². The van der Waals surface area contributed by atoms with E-state index in [1.165, 1.54) is 10.7 Å². The second-order valence-corrected chi connectivity index (χ2v) is 8.24. The van der Waals surface area contributed by atoms with E-state index < -0.39 is 11.8 Å². The first-order valence-electron chi connectivity index (χ1n) is 9.65. The third-order valence-electron chi connectivity index (χ3n) is 5.19. The number of halogens is 1. The highest BCUT2D eigenvalue weighted by Gasteiger charge is 2.35. The first-order valence-corrected chi connectivity index (χ1v) is 10.4. The van der Waals surface area contributed by atoms with Crippen molar-refractivity contribution in [1.82, 2.24) is 9.78 Å². The molecule has 0 bridgehead atoms. The monoisotopic (exact) mass is 481 g/mol. The lowest BCUT2D eigenvalue weighted by molar-refractivity contribution is -0.122. The average molecular weight is 482 g/mol.